The Labute approximate surface area is 124 Å². The first-order chi connectivity index (χ1) is 9.70. The van der Waals surface area contributed by atoms with E-state index in [-0.39, 0.29) is 6.42 Å². The van der Waals surface area contributed by atoms with Crippen LogP contribution in [0, 0.1) is 0 Å². The van der Waals surface area contributed by atoms with Crippen LogP contribution in [0.25, 0.3) is 0 Å². The molecule has 126 valence electrons. The minimum Gasteiger partial charge on any atom is -0.456 e. The molecule has 0 aromatic carbocycles. The second-order valence-corrected chi connectivity index (χ2v) is 7.34. The zero-order chi connectivity index (χ0) is 16.5. The highest BCUT2D eigenvalue weighted by Gasteiger charge is 2.47. The summed E-state index contributed by atoms with van der Waals surface area (Å²) in [4.78, 5) is 11.5. The lowest BCUT2D eigenvalue weighted by molar-refractivity contribution is -0.186. The molecule has 21 heavy (non-hydrogen) atoms. The number of alkyl halides is 3. The van der Waals surface area contributed by atoms with Crippen LogP contribution in [-0.4, -0.2) is 47.4 Å². The van der Waals surface area contributed by atoms with Crippen LogP contribution in [0.3, 0.4) is 0 Å². The zero-order valence-electron chi connectivity index (χ0n) is 12.8. The Morgan fingerprint density at radius 2 is 1.48 bits per heavy atom. The third-order valence-corrected chi connectivity index (χ3v) is 5.99. The molecule has 0 rings (SSSR count). The van der Waals surface area contributed by atoms with E-state index in [2.05, 4.69) is 4.74 Å². The smallest absolute Gasteiger partial charge is 0.456 e. The predicted molar refractivity (Wildman–Crippen MR) is 71.7 cm³/mol. The standard InChI is InChI=1S/C12H23F3O5Si/c1-5-18-21(19-6-2,20-7-3)10(4)8-11(16)17-9-12(13,14)15/h10H,5-9H2,1-4H3. The number of carbonyl (C=O) groups is 1. The lowest BCUT2D eigenvalue weighted by Gasteiger charge is -2.33. The van der Waals surface area contributed by atoms with Crippen molar-refractivity contribution in [2.24, 2.45) is 0 Å². The van der Waals surface area contributed by atoms with Gasteiger partial charge in [0.05, 0.1) is 6.42 Å². The molecule has 0 amide bonds. The summed E-state index contributed by atoms with van der Waals surface area (Å²) in [5.74, 6) is -0.948. The van der Waals surface area contributed by atoms with Gasteiger partial charge in [-0.3, -0.25) is 4.79 Å². The van der Waals surface area contributed by atoms with Crippen molar-refractivity contribution in [2.45, 2.75) is 45.8 Å². The summed E-state index contributed by atoms with van der Waals surface area (Å²) in [5.41, 5.74) is -0.488. The maximum Gasteiger partial charge on any atom is 0.504 e. The van der Waals surface area contributed by atoms with Gasteiger partial charge >= 0.3 is 21.0 Å². The summed E-state index contributed by atoms with van der Waals surface area (Å²) in [6.45, 7) is 6.32. The molecule has 0 saturated heterocycles. The van der Waals surface area contributed by atoms with Crippen molar-refractivity contribution < 1.29 is 36.0 Å². The second kappa shape index (κ2) is 9.39. The van der Waals surface area contributed by atoms with Gasteiger partial charge < -0.3 is 18.0 Å². The van der Waals surface area contributed by atoms with Crippen LogP contribution >= 0.6 is 0 Å². The number of hydrogen-bond donors (Lipinski definition) is 0. The van der Waals surface area contributed by atoms with E-state index in [0.717, 1.165) is 0 Å². The Hall–Kier alpha value is -0.643. The van der Waals surface area contributed by atoms with Crippen LogP contribution < -0.4 is 0 Å². The van der Waals surface area contributed by atoms with Crippen molar-refractivity contribution in [3.8, 4) is 0 Å². The first-order valence-electron chi connectivity index (χ1n) is 6.84. The van der Waals surface area contributed by atoms with Gasteiger partial charge in [-0.1, -0.05) is 6.92 Å². The van der Waals surface area contributed by atoms with Crippen LogP contribution in [0.5, 0.6) is 0 Å². The van der Waals surface area contributed by atoms with E-state index < -0.39 is 33.1 Å². The first-order valence-corrected chi connectivity index (χ1v) is 8.65. The summed E-state index contributed by atoms with van der Waals surface area (Å²) >= 11 is 0. The van der Waals surface area contributed by atoms with Gasteiger partial charge in [0.1, 0.15) is 0 Å². The number of carbonyl (C=O) groups excluding carboxylic acids is 1. The summed E-state index contributed by atoms with van der Waals surface area (Å²) in [6, 6.07) is 0. The average Bonchev–Trinajstić information content (AvgIpc) is 2.36. The van der Waals surface area contributed by atoms with E-state index >= 15 is 0 Å². The van der Waals surface area contributed by atoms with Crippen LogP contribution in [0.4, 0.5) is 13.2 Å². The molecule has 1 unspecified atom stereocenters. The molecule has 0 aliphatic rings. The molecular weight excluding hydrogens is 309 g/mol. The second-order valence-electron chi connectivity index (χ2n) is 4.28. The summed E-state index contributed by atoms with van der Waals surface area (Å²) in [7, 11) is -3.12. The molecule has 0 N–H and O–H groups in total. The summed E-state index contributed by atoms with van der Waals surface area (Å²) in [5, 5.41) is 0. The molecular formula is C12H23F3O5Si. The maximum atomic E-state index is 12.0. The number of hydrogen-bond acceptors (Lipinski definition) is 5. The van der Waals surface area contributed by atoms with Crippen LogP contribution in [0.15, 0.2) is 0 Å². The van der Waals surface area contributed by atoms with Crippen molar-refractivity contribution in [3.05, 3.63) is 0 Å². The lowest BCUT2D eigenvalue weighted by Crippen LogP contribution is -2.50. The largest absolute Gasteiger partial charge is 0.504 e. The SMILES string of the molecule is CCO[Si](OCC)(OCC)C(C)CC(=O)OCC(F)(F)F. The van der Waals surface area contributed by atoms with Crippen molar-refractivity contribution in [3.63, 3.8) is 0 Å². The van der Waals surface area contributed by atoms with Gasteiger partial charge in [-0.05, 0) is 20.8 Å². The molecule has 0 radical (unpaired) electrons. The van der Waals surface area contributed by atoms with Crippen molar-refractivity contribution in [1.82, 2.24) is 0 Å². The minimum atomic E-state index is -4.53. The fourth-order valence-electron chi connectivity index (χ4n) is 1.75. The number of halogens is 3. The van der Waals surface area contributed by atoms with Crippen molar-refractivity contribution in [2.75, 3.05) is 26.4 Å². The van der Waals surface area contributed by atoms with Gasteiger partial charge in [0.2, 0.25) is 0 Å². The van der Waals surface area contributed by atoms with E-state index in [1.807, 2.05) is 0 Å². The fourth-order valence-corrected chi connectivity index (χ4v) is 4.48. The van der Waals surface area contributed by atoms with Gasteiger partial charge in [0.15, 0.2) is 6.61 Å². The van der Waals surface area contributed by atoms with Gasteiger partial charge in [0, 0.05) is 25.4 Å². The van der Waals surface area contributed by atoms with E-state index in [1.165, 1.54) is 0 Å². The monoisotopic (exact) mass is 332 g/mol. The quantitative estimate of drug-likeness (QED) is 0.455. The van der Waals surface area contributed by atoms with E-state index in [0.29, 0.717) is 19.8 Å². The minimum absolute atomic E-state index is 0.248. The average molecular weight is 332 g/mol. The molecule has 0 saturated carbocycles. The molecule has 0 aromatic heterocycles. The Bertz CT molecular complexity index is 295. The van der Waals surface area contributed by atoms with Crippen LogP contribution in [0.1, 0.15) is 34.1 Å². The van der Waals surface area contributed by atoms with Gasteiger partial charge in [0.25, 0.3) is 0 Å². The van der Waals surface area contributed by atoms with E-state index in [1.54, 1.807) is 27.7 Å². The molecule has 0 heterocycles. The maximum absolute atomic E-state index is 12.0. The Balaban J connectivity index is 4.71. The van der Waals surface area contributed by atoms with Crippen LogP contribution in [-0.2, 0) is 22.8 Å². The van der Waals surface area contributed by atoms with Gasteiger partial charge in [-0.25, -0.2) is 0 Å². The molecule has 0 bridgehead atoms. The predicted octanol–water partition coefficient (Wildman–Crippen LogP) is 2.92. The molecule has 9 heteroatoms. The van der Waals surface area contributed by atoms with Crippen molar-refractivity contribution in [1.29, 1.82) is 0 Å². The molecule has 0 fully saturated rings. The number of ether oxygens (including phenoxy) is 1. The van der Waals surface area contributed by atoms with Crippen LogP contribution in [0.2, 0.25) is 5.54 Å². The molecule has 0 spiro atoms. The molecule has 1 atom stereocenters. The van der Waals surface area contributed by atoms with E-state index in [9.17, 15) is 18.0 Å². The molecule has 5 nitrogen and oxygen atoms in total. The lowest BCUT2D eigenvalue weighted by atomic mass is 10.3. The Morgan fingerprint density at radius 3 is 1.81 bits per heavy atom. The van der Waals surface area contributed by atoms with Gasteiger partial charge in [-0.2, -0.15) is 13.2 Å². The summed E-state index contributed by atoms with van der Waals surface area (Å²) in [6.07, 6.45) is -4.78. The van der Waals surface area contributed by atoms with Crippen molar-refractivity contribution >= 4 is 14.8 Å². The Morgan fingerprint density at radius 1 is 1.05 bits per heavy atom. The molecule has 0 aliphatic heterocycles. The normalized spacial score (nSPS) is 14.0. The third-order valence-electron chi connectivity index (χ3n) is 2.51. The first kappa shape index (κ1) is 20.4. The highest BCUT2D eigenvalue weighted by atomic mass is 28.4. The third kappa shape index (κ3) is 7.79. The molecule has 0 aliphatic carbocycles. The van der Waals surface area contributed by atoms with E-state index in [4.69, 9.17) is 13.3 Å². The highest BCUT2D eigenvalue weighted by molar-refractivity contribution is 6.62. The fraction of sp³-hybridized carbons (Fsp3) is 0.917. The van der Waals surface area contributed by atoms with Gasteiger partial charge in [-0.15, -0.1) is 0 Å². The topological polar surface area (TPSA) is 54.0 Å². The molecule has 0 aromatic rings. The Kier molecular flexibility index (Phi) is 9.10. The number of esters is 1. The summed E-state index contributed by atoms with van der Waals surface area (Å²) < 4.78 is 57.0. The zero-order valence-corrected chi connectivity index (χ0v) is 13.8. The number of rotatable bonds is 10. The highest BCUT2D eigenvalue weighted by Crippen LogP contribution is 2.29.